The number of hydrogen-bond donors (Lipinski definition) is 3. The first kappa shape index (κ1) is 13.1. The Bertz CT molecular complexity index is 521. The van der Waals surface area contributed by atoms with Crippen molar-refractivity contribution in [3.05, 3.63) is 29.6 Å². The number of carbonyl (C=O) groups is 2. The van der Waals surface area contributed by atoms with Crippen LogP contribution in [0, 0.1) is 5.82 Å². The van der Waals surface area contributed by atoms with E-state index in [-0.39, 0.29) is 23.8 Å². The van der Waals surface area contributed by atoms with E-state index in [2.05, 4.69) is 5.32 Å². The summed E-state index contributed by atoms with van der Waals surface area (Å²) in [6.45, 7) is 0.585. The second-order valence-corrected chi connectivity index (χ2v) is 4.43. The molecule has 102 valence electrons. The minimum atomic E-state index is -1.02. The van der Waals surface area contributed by atoms with E-state index in [4.69, 9.17) is 10.8 Å². The third-order valence-electron chi connectivity index (χ3n) is 3.03. The number of hydrogen-bond acceptors (Lipinski definition) is 3. The number of nitrogens with two attached hydrogens (primary N) is 1. The van der Waals surface area contributed by atoms with Crippen LogP contribution in [0.3, 0.4) is 0 Å². The van der Waals surface area contributed by atoms with Gasteiger partial charge in [-0.15, -0.1) is 0 Å². The summed E-state index contributed by atoms with van der Waals surface area (Å²) in [5.41, 5.74) is 5.55. The van der Waals surface area contributed by atoms with Gasteiger partial charge in [0.2, 0.25) is 0 Å². The molecule has 7 heteroatoms. The van der Waals surface area contributed by atoms with Gasteiger partial charge in [0, 0.05) is 24.8 Å². The largest absolute Gasteiger partial charge is 0.465 e. The molecule has 1 aromatic rings. The predicted octanol–water partition coefficient (Wildman–Crippen LogP) is 0.890. The number of rotatable bonds is 2. The predicted molar refractivity (Wildman–Crippen MR) is 66.3 cm³/mol. The van der Waals surface area contributed by atoms with Crippen LogP contribution < -0.4 is 11.1 Å². The second kappa shape index (κ2) is 5.13. The van der Waals surface area contributed by atoms with Crippen molar-refractivity contribution in [2.45, 2.75) is 12.5 Å². The van der Waals surface area contributed by atoms with Crippen molar-refractivity contribution < 1.29 is 19.1 Å². The van der Waals surface area contributed by atoms with Crippen molar-refractivity contribution in [3.63, 3.8) is 0 Å². The lowest BCUT2D eigenvalue weighted by Gasteiger charge is -2.14. The van der Waals surface area contributed by atoms with Crippen molar-refractivity contribution in [2.75, 3.05) is 18.8 Å². The number of nitrogen functional groups attached to an aromatic ring is 1. The highest BCUT2D eigenvalue weighted by molar-refractivity contribution is 5.95. The minimum Gasteiger partial charge on any atom is -0.465 e. The number of nitrogens with zero attached hydrogens (tertiary/aromatic N) is 1. The number of amides is 2. The summed E-state index contributed by atoms with van der Waals surface area (Å²) in [6, 6.07) is 3.54. The Morgan fingerprint density at radius 1 is 1.47 bits per heavy atom. The summed E-state index contributed by atoms with van der Waals surface area (Å²) >= 11 is 0. The van der Waals surface area contributed by atoms with Gasteiger partial charge in [-0.05, 0) is 24.6 Å². The average molecular weight is 267 g/mol. The summed E-state index contributed by atoms with van der Waals surface area (Å²) in [6.07, 6.45) is -0.496. The summed E-state index contributed by atoms with van der Waals surface area (Å²) in [7, 11) is 0. The third-order valence-corrected chi connectivity index (χ3v) is 3.03. The molecular formula is C12H14FN3O3. The zero-order valence-electron chi connectivity index (χ0n) is 10.1. The van der Waals surface area contributed by atoms with Crippen LogP contribution in [-0.2, 0) is 0 Å². The van der Waals surface area contributed by atoms with Crippen LogP contribution in [-0.4, -0.2) is 41.1 Å². The first-order valence-electron chi connectivity index (χ1n) is 5.81. The number of likely N-dealkylation sites (tertiary alicyclic amines) is 1. The minimum absolute atomic E-state index is 0.0945. The van der Waals surface area contributed by atoms with E-state index < -0.39 is 17.8 Å². The van der Waals surface area contributed by atoms with Crippen molar-refractivity contribution >= 4 is 17.7 Å². The van der Waals surface area contributed by atoms with Crippen LogP contribution in [0.5, 0.6) is 0 Å². The van der Waals surface area contributed by atoms with Gasteiger partial charge in [0.1, 0.15) is 5.82 Å². The standard InChI is InChI=1S/C12H14FN3O3/c13-10-5-7(14)1-2-9(10)11(17)15-8-3-4-16(6-8)12(18)19/h1-2,5,8H,3-4,6,14H2,(H,15,17)(H,18,19). The Balaban J connectivity index is 2.00. The van der Waals surface area contributed by atoms with E-state index in [1.165, 1.54) is 17.0 Å². The molecule has 0 aliphatic carbocycles. The number of nitrogens with one attached hydrogen (secondary N) is 1. The zero-order chi connectivity index (χ0) is 14.0. The molecule has 6 nitrogen and oxygen atoms in total. The fraction of sp³-hybridized carbons (Fsp3) is 0.333. The van der Waals surface area contributed by atoms with Crippen molar-refractivity contribution in [1.82, 2.24) is 10.2 Å². The van der Waals surface area contributed by atoms with E-state index in [1.54, 1.807) is 0 Å². The monoisotopic (exact) mass is 267 g/mol. The lowest BCUT2D eigenvalue weighted by molar-refractivity contribution is 0.0931. The van der Waals surface area contributed by atoms with Crippen LogP contribution in [0.1, 0.15) is 16.8 Å². The Morgan fingerprint density at radius 2 is 2.21 bits per heavy atom. The van der Waals surface area contributed by atoms with Crippen LogP contribution in [0.25, 0.3) is 0 Å². The lowest BCUT2D eigenvalue weighted by atomic mass is 10.1. The molecular weight excluding hydrogens is 253 g/mol. The topological polar surface area (TPSA) is 95.7 Å². The van der Waals surface area contributed by atoms with Gasteiger partial charge in [-0.3, -0.25) is 4.79 Å². The summed E-state index contributed by atoms with van der Waals surface area (Å²) in [5.74, 6) is -1.25. The smallest absolute Gasteiger partial charge is 0.407 e. The van der Waals surface area contributed by atoms with Crippen LogP contribution in [0.15, 0.2) is 18.2 Å². The quantitative estimate of drug-likeness (QED) is 0.693. The van der Waals surface area contributed by atoms with Crippen LogP contribution >= 0.6 is 0 Å². The van der Waals surface area contributed by atoms with E-state index in [0.29, 0.717) is 13.0 Å². The molecule has 1 unspecified atom stereocenters. The summed E-state index contributed by atoms with van der Waals surface area (Å²) < 4.78 is 13.5. The number of anilines is 1. The van der Waals surface area contributed by atoms with Gasteiger partial charge >= 0.3 is 6.09 Å². The van der Waals surface area contributed by atoms with Gasteiger partial charge in [-0.2, -0.15) is 0 Å². The van der Waals surface area contributed by atoms with Gasteiger partial charge in [-0.25, -0.2) is 9.18 Å². The normalized spacial score (nSPS) is 18.4. The average Bonchev–Trinajstić information content (AvgIpc) is 2.77. The first-order chi connectivity index (χ1) is 8.97. The van der Waals surface area contributed by atoms with Crippen molar-refractivity contribution in [1.29, 1.82) is 0 Å². The molecule has 0 spiro atoms. The maximum Gasteiger partial charge on any atom is 0.407 e. The summed E-state index contributed by atoms with van der Waals surface area (Å²) in [5, 5.41) is 11.4. The maximum absolute atomic E-state index is 13.5. The molecule has 0 bridgehead atoms. The molecule has 1 saturated heterocycles. The van der Waals surface area contributed by atoms with Gasteiger partial charge in [-0.1, -0.05) is 0 Å². The van der Waals surface area contributed by atoms with E-state index in [0.717, 1.165) is 6.07 Å². The fourth-order valence-electron chi connectivity index (χ4n) is 2.03. The lowest BCUT2D eigenvalue weighted by Crippen LogP contribution is -2.38. The van der Waals surface area contributed by atoms with E-state index >= 15 is 0 Å². The molecule has 2 amide bonds. The van der Waals surface area contributed by atoms with Crippen LogP contribution in [0.4, 0.5) is 14.9 Å². The van der Waals surface area contributed by atoms with E-state index in [9.17, 15) is 14.0 Å². The summed E-state index contributed by atoms with van der Waals surface area (Å²) in [4.78, 5) is 23.8. The molecule has 1 aliphatic heterocycles. The van der Waals surface area contributed by atoms with Gasteiger partial charge in [0.25, 0.3) is 5.91 Å². The Hall–Kier alpha value is -2.31. The van der Waals surface area contributed by atoms with Crippen molar-refractivity contribution in [3.8, 4) is 0 Å². The van der Waals surface area contributed by atoms with Gasteiger partial charge in [0.15, 0.2) is 0 Å². The third kappa shape index (κ3) is 2.93. The zero-order valence-corrected chi connectivity index (χ0v) is 10.1. The molecule has 0 radical (unpaired) electrons. The molecule has 0 aromatic heterocycles. The number of carboxylic acid groups (broad SMARTS) is 1. The number of carbonyl (C=O) groups excluding carboxylic acids is 1. The molecule has 0 saturated carbocycles. The van der Waals surface area contributed by atoms with Crippen LogP contribution in [0.2, 0.25) is 0 Å². The second-order valence-electron chi connectivity index (χ2n) is 4.43. The molecule has 1 aromatic carbocycles. The maximum atomic E-state index is 13.5. The highest BCUT2D eigenvalue weighted by Gasteiger charge is 2.27. The first-order valence-corrected chi connectivity index (χ1v) is 5.81. The van der Waals surface area contributed by atoms with Gasteiger partial charge < -0.3 is 21.1 Å². The Labute approximate surface area is 109 Å². The molecule has 2 rings (SSSR count). The molecule has 1 fully saturated rings. The SMILES string of the molecule is Nc1ccc(C(=O)NC2CCN(C(=O)O)C2)c(F)c1. The molecule has 4 N–H and O–H groups in total. The molecule has 19 heavy (non-hydrogen) atoms. The molecule has 1 heterocycles. The van der Waals surface area contributed by atoms with Crippen molar-refractivity contribution in [2.24, 2.45) is 0 Å². The Morgan fingerprint density at radius 3 is 2.79 bits per heavy atom. The molecule has 1 aliphatic rings. The van der Waals surface area contributed by atoms with E-state index in [1.807, 2.05) is 0 Å². The number of halogens is 1. The molecule has 1 atom stereocenters. The van der Waals surface area contributed by atoms with Gasteiger partial charge in [0.05, 0.1) is 5.56 Å². The number of benzene rings is 1. The highest BCUT2D eigenvalue weighted by Crippen LogP contribution is 2.14. The Kier molecular flexibility index (Phi) is 3.55. The highest BCUT2D eigenvalue weighted by atomic mass is 19.1. The fourth-order valence-corrected chi connectivity index (χ4v) is 2.03.